The minimum absolute atomic E-state index is 0.0219. The van der Waals surface area contributed by atoms with Crippen molar-refractivity contribution in [3.63, 3.8) is 0 Å². The molecule has 0 unspecified atom stereocenters. The molecule has 4 nitrogen and oxygen atoms in total. The summed E-state index contributed by atoms with van der Waals surface area (Å²) in [5.74, 6) is 0.868. The van der Waals surface area contributed by atoms with Gasteiger partial charge < -0.3 is 4.74 Å². The highest BCUT2D eigenvalue weighted by Gasteiger charge is 2.20. The van der Waals surface area contributed by atoms with Crippen LogP contribution in [-0.4, -0.2) is 19.6 Å². The number of benzene rings is 4. The fourth-order valence-electron chi connectivity index (χ4n) is 5.84. The van der Waals surface area contributed by atoms with Crippen LogP contribution in [-0.2, 0) is 23.0 Å². The zero-order chi connectivity index (χ0) is 28.7. The quantitative estimate of drug-likeness (QED) is 0.146. The van der Waals surface area contributed by atoms with Crippen LogP contribution < -0.4 is 4.74 Å². The van der Waals surface area contributed by atoms with Crippen molar-refractivity contribution in [2.24, 2.45) is 0 Å². The van der Waals surface area contributed by atoms with Crippen LogP contribution in [0.15, 0.2) is 102 Å². The second kappa shape index (κ2) is 13.3. The van der Waals surface area contributed by atoms with Gasteiger partial charge in [0.05, 0.1) is 11.5 Å². The van der Waals surface area contributed by atoms with Gasteiger partial charge in [-0.05, 0) is 103 Å². The van der Waals surface area contributed by atoms with Crippen LogP contribution >= 0.6 is 0 Å². The van der Waals surface area contributed by atoms with Gasteiger partial charge in [-0.25, -0.2) is 0 Å². The molecule has 41 heavy (non-hydrogen) atoms. The third-order valence-corrected chi connectivity index (χ3v) is 8.78. The summed E-state index contributed by atoms with van der Waals surface area (Å²) in [4.78, 5) is 0.0219. The van der Waals surface area contributed by atoms with Crippen LogP contribution in [0.25, 0.3) is 11.1 Å². The molecule has 0 bridgehead atoms. The Kier molecular flexibility index (Phi) is 9.38. The number of ether oxygens (including phenoxy) is 1. The lowest BCUT2D eigenvalue weighted by Gasteiger charge is -2.23. The third-order valence-electron chi connectivity index (χ3n) is 7.83. The molecule has 0 aromatic heterocycles. The van der Waals surface area contributed by atoms with Crippen LogP contribution in [0, 0.1) is 6.92 Å². The van der Waals surface area contributed by atoms with E-state index in [0.29, 0.717) is 18.6 Å². The zero-order valence-corrected chi connectivity index (χ0v) is 24.5. The Balaban J connectivity index is 1.18. The molecule has 0 aliphatic heterocycles. The smallest absolute Gasteiger partial charge is 0.294 e. The van der Waals surface area contributed by atoms with E-state index in [9.17, 15) is 13.0 Å². The molecule has 0 heterocycles. The Bertz CT molecular complexity index is 1600. The van der Waals surface area contributed by atoms with Crippen LogP contribution in [0.2, 0.25) is 0 Å². The van der Waals surface area contributed by atoms with E-state index in [1.165, 1.54) is 39.5 Å². The number of hydrogen-bond acceptors (Lipinski definition) is 3. The van der Waals surface area contributed by atoms with E-state index >= 15 is 0 Å². The molecule has 0 saturated carbocycles. The molecule has 1 N–H and O–H groups in total. The van der Waals surface area contributed by atoms with Gasteiger partial charge in [0.1, 0.15) is 5.75 Å². The van der Waals surface area contributed by atoms with Crippen molar-refractivity contribution in [2.75, 3.05) is 6.61 Å². The molecule has 5 rings (SSSR count). The third kappa shape index (κ3) is 7.35. The number of aryl methyl sites for hydroxylation is 3. The molecular weight excluding hydrogens is 528 g/mol. The molecule has 0 atom stereocenters. The summed E-state index contributed by atoms with van der Waals surface area (Å²) < 4.78 is 38.9. The highest BCUT2D eigenvalue weighted by atomic mass is 32.2. The Labute approximate surface area is 244 Å². The lowest BCUT2D eigenvalue weighted by molar-refractivity contribution is 0.304. The topological polar surface area (TPSA) is 63.6 Å². The summed E-state index contributed by atoms with van der Waals surface area (Å²) in [5, 5.41) is 0. The molecule has 0 amide bonds. The standard InChI is InChI=1S/C36H38O4S/c1-27-19-24-35(41(37,38)39)31(26-27)15-5-2-3-10-25-40-32-22-20-30(21-23-32)36(29-13-6-4-7-14-29)34-18-11-16-28-12-8-9-17-33(28)34/h4,6-9,12-14,17,19-24,26H,2-3,5,10-11,15-16,18,25H2,1H3,(H,37,38,39)/b36-34+. The monoisotopic (exact) mass is 566 g/mol. The van der Waals surface area contributed by atoms with Crippen molar-refractivity contribution in [3.05, 3.63) is 130 Å². The Morgan fingerprint density at radius 2 is 1.49 bits per heavy atom. The first-order valence-electron chi connectivity index (χ1n) is 14.6. The molecule has 5 heteroatoms. The van der Waals surface area contributed by atoms with Crippen molar-refractivity contribution in [1.82, 2.24) is 0 Å². The Hall–Kier alpha value is -3.67. The van der Waals surface area contributed by atoms with Crippen molar-refractivity contribution in [1.29, 1.82) is 0 Å². The molecule has 1 aliphatic carbocycles. The molecule has 0 saturated heterocycles. The molecule has 212 valence electrons. The van der Waals surface area contributed by atoms with Crippen molar-refractivity contribution in [3.8, 4) is 5.75 Å². The summed E-state index contributed by atoms with van der Waals surface area (Å²) >= 11 is 0. The maximum Gasteiger partial charge on any atom is 0.294 e. The average Bonchev–Trinajstić information content (AvgIpc) is 2.98. The maximum atomic E-state index is 11.7. The van der Waals surface area contributed by atoms with E-state index in [4.69, 9.17) is 4.74 Å². The van der Waals surface area contributed by atoms with Gasteiger partial charge in [-0.2, -0.15) is 8.42 Å². The summed E-state index contributed by atoms with van der Waals surface area (Å²) in [5.41, 5.74) is 9.64. The maximum absolute atomic E-state index is 11.7. The predicted octanol–water partition coefficient (Wildman–Crippen LogP) is 8.72. The van der Waals surface area contributed by atoms with Gasteiger partial charge in [0, 0.05) is 0 Å². The number of allylic oxidation sites excluding steroid dienone is 1. The second-order valence-corrected chi connectivity index (χ2v) is 12.2. The molecule has 4 aromatic rings. The van der Waals surface area contributed by atoms with E-state index in [-0.39, 0.29) is 4.90 Å². The summed E-state index contributed by atoms with van der Waals surface area (Å²) in [6.45, 7) is 2.57. The molecule has 0 radical (unpaired) electrons. The zero-order valence-electron chi connectivity index (χ0n) is 23.7. The van der Waals surface area contributed by atoms with Crippen LogP contribution in [0.3, 0.4) is 0 Å². The van der Waals surface area contributed by atoms with Crippen LogP contribution in [0.1, 0.15) is 71.9 Å². The fraction of sp³-hybridized carbons (Fsp3) is 0.278. The number of rotatable bonds is 11. The number of hydrogen-bond donors (Lipinski definition) is 1. The van der Waals surface area contributed by atoms with Gasteiger partial charge in [0.15, 0.2) is 0 Å². The van der Waals surface area contributed by atoms with E-state index in [2.05, 4.69) is 78.9 Å². The van der Waals surface area contributed by atoms with Crippen molar-refractivity contribution < 1.29 is 17.7 Å². The largest absolute Gasteiger partial charge is 0.494 e. The second-order valence-electron chi connectivity index (χ2n) is 10.9. The Morgan fingerprint density at radius 3 is 2.27 bits per heavy atom. The van der Waals surface area contributed by atoms with Crippen molar-refractivity contribution in [2.45, 2.75) is 63.2 Å². The minimum Gasteiger partial charge on any atom is -0.494 e. The fourth-order valence-corrected chi connectivity index (χ4v) is 6.57. The SMILES string of the molecule is Cc1ccc(S(=O)(=O)O)c(CCCCCCOc2ccc(/C(=C3\CCCc4ccccc43)c3ccccc3)cc2)c1. The van der Waals surface area contributed by atoms with Gasteiger partial charge in [-0.15, -0.1) is 0 Å². The average molecular weight is 567 g/mol. The lowest BCUT2D eigenvalue weighted by Crippen LogP contribution is -2.05. The summed E-state index contributed by atoms with van der Waals surface area (Å²) in [7, 11) is -4.20. The molecule has 0 fully saturated rings. The summed E-state index contributed by atoms with van der Waals surface area (Å²) in [6.07, 6.45) is 7.74. The van der Waals surface area contributed by atoms with Gasteiger partial charge in [-0.3, -0.25) is 4.55 Å². The first-order valence-corrected chi connectivity index (χ1v) is 16.0. The highest BCUT2D eigenvalue weighted by molar-refractivity contribution is 7.85. The number of unbranched alkanes of at least 4 members (excludes halogenated alkanes) is 3. The molecule has 4 aromatic carbocycles. The van der Waals surface area contributed by atoms with E-state index in [0.717, 1.165) is 56.3 Å². The van der Waals surface area contributed by atoms with Gasteiger partial charge in [0.25, 0.3) is 10.1 Å². The number of fused-ring (bicyclic) bond motifs is 1. The van der Waals surface area contributed by atoms with Gasteiger partial charge in [0.2, 0.25) is 0 Å². The predicted molar refractivity (Wildman–Crippen MR) is 167 cm³/mol. The molecular formula is C36H38O4S. The normalized spacial score (nSPS) is 14.4. The van der Waals surface area contributed by atoms with E-state index in [1.807, 2.05) is 13.0 Å². The highest BCUT2D eigenvalue weighted by Crippen LogP contribution is 2.40. The van der Waals surface area contributed by atoms with E-state index < -0.39 is 10.1 Å². The lowest BCUT2D eigenvalue weighted by atomic mass is 9.81. The van der Waals surface area contributed by atoms with Crippen LogP contribution in [0.5, 0.6) is 5.75 Å². The first-order chi connectivity index (χ1) is 19.9. The van der Waals surface area contributed by atoms with E-state index in [1.54, 1.807) is 6.07 Å². The van der Waals surface area contributed by atoms with Crippen LogP contribution in [0.4, 0.5) is 0 Å². The molecule has 1 aliphatic rings. The first kappa shape index (κ1) is 28.8. The van der Waals surface area contributed by atoms with Gasteiger partial charge >= 0.3 is 0 Å². The Morgan fingerprint density at radius 1 is 0.780 bits per heavy atom. The van der Waals surface area contributed by atoms with Crippen molar-refractivity contribution >= 4 is 21.3 Å². The minimum atomic E-state index is -4.20. The van der Waals surface area contributed by atoms with Gasteiger partial charge in [-0.1, -0.05) is 97.3 Å². The molecule has 0 spiro atoms. The summed E-state index contributed by atoms with van der Waals surface area (Å²) in [6, 6.07) is 33.0.